The van der Waals surface area contributed by atoms with Gasteiger partial charge in [0, 0.05) is 6.42 Å². The molecular formula is C9H11BrO4. The van der Waals surface area contributed by atoms with Crippen LogP contribution in [0.5, 0.6) is 0 Å². The van der Waals surface area contributed by atoms with Crippen molar-refractivity contribution in [2.75, 3.05) is 13.2 Å². The summed E-state index contributed by atoms with van der Waals surface area (Å²) in [6.45, 7) is 1.19. The van der Waals surface area contributed by atoms with E-state index in [2.05, 4.69) is 15.9 Å². The number of ether oxygens (including phenoxy) is 2. The van der Waals surface area contributed by atoms with Crippen LogP contribution in [0.4, 0.5) is 0 Å². The Kier molecular flexibility index (Phi) is 3.22. The van der Waals surface area contributed by atoms with Gasteiger partial charge < -0.3 is 19.0 Å². The lowest BCUT2D eigenvalue weighted by molar-refractivity contribution is -0.0737. The molecule has 14 heavy (non-hydrogen) atoms. The monoisotopic (exact) mass is 262 g/mol. The third-order valence-corrected chi connectivity index (χ3v) is 2.71. The van der Waals surface area contributed by atoms with E-state index < -0.39 is 6.10 Å². The third-order valence-electron chi connectivity index (χ3n) is 2.05. The largest absolute Gasteiger partial charge is 0.465 e. The molecule has 1 aromatic rings. The molecule has 78 valence electrons. The Morgan fingerprint density at radius 2 is 2.21 bits per heavy atom. The summed E-state index contributed by atoms with van der Waals surface area (Å²) >= 11 is 3.28. The topological polar surface area (TPSA) is 51.8 Å². The summed E-state index contributed by atoms with van der Waals surface area (Å²) in [5, 5.41) is 9.77. The fourth-order valence-electron chi connectivity index (χ4n) is 1.38. The minimum absolute atomic E-state index is 0.318. The number of rotatable bonds is 3. The van der Waals surface area contributed by atoms with Gasteiger partial charge in [0.15, 0.2) is 6.29 Å². The SMILES string of the molecule is OC(CC1OCCO1)c1occc1Br. The maximum absolute atomic E-state index is 9.77. The maximum atomic E-state index is 9.77. The number of furan rings is 1. The van der Waals surface area contributed by atoms with Crippen LogP contribution in [-0.4, -0.2) is 24.6 Å². The molecule has 0 spiro atoms. The summed E-state index contributed by atoms with van der Waals surface area (Å²) in [5.41, 5.74) is 0. The molecule has 4 nitrogen and oxygen atoms in total. The van der Waals surface area contributed by atoms with Gasteiger partial charge in [0.05, 0.1) is 23.9 Å². The summed E-state index contributed by atoms with van der Waals surface area (Å²) in [6, 6.07) is 1.74. The minimum atomic E-state index is -0.692. The standard InChI is InChI=1S/C9H11BrO4/c10-6-1-2-14-9(6)7(11)5-8-12-3-4-13-8/h1-2,7-8,11H,3-5H2. The molecule has 0 saturated carbocycles. The van der Waals surface area contributed by atoms with Gasteiger partial charge in [-0.1, -0.05) is 0 Å². The molecule has 5 heteroatoms. The molecule has 1 N–H and O–H groups in total. The lowest BCUT2D eigenvalue weighted by atomic mass is 10.2. The average molecular weight is 263 g/mol. The van der Waals surface area contributed by atoms with Crippen molar-refractivity contribution in [3.05, 3.63) is 22.6 Å². The van der Waals surface area contributed by atoms with Crippen LogP contribution in [0, 0.1) is 0 Å². The minimum Gasteiger partial charge on any atom is -0.465 e. The normalized spacial score (nSPS) is 20.1. The predicted molar refractivity (Wildman–Crippen MR) is 51.7 cm³/mol. The van der Waals surface area contributed by atoms with Gasteiger partial charge in [-0.05, 0) is 22.0 Å². The molecule has 0 aromatic carbocycles. The van der Waals surface area contributed by atoms with E-state index >= 15 is 0 Å². The van der Waals surface area contributed by atoms with Crippen molar-refractivity contribution in [3.8, 4) is 0 Å². The predicted octanol–water partition coefficient (Wildman–Crippen LogP) is 1.84. The first-order valence-electron chi connectivity index (χ1n) is 4.41. The molecule has 1 aliphatic heterocycles. The van der Waals surface area contributed by atoms with Crippen molar-refractivity contribution in [1.82, 2.24) is 0 Å². The van der Waals surface area contributed by atoms with Gasteiger partial charge in [-0.25, -0.2) is 0 Å². The number of hydrogen-bond acceptors (Lipinski definition) is 4. The zero-order chi connectivity index (χ0) is 9.97. The molecule has 1 aliphatic rings. The van der Waals surface area contributed by atoms with Crippen LogP contribution in [-0.2, 0) is 9.47 Å². The zero-order valence-electron chi connectivity index (χ0n) is 7.48. The highest BCUT2D eigenvalue weighted by atomic mass is 79.9. The van der Waals surface area contributed by atoms with Crippen molar-refractivity contribution in [1.29, 1.82) is 0 Å². The van der Waals surface area contributed by atoms with E-state index in [1.807, 2.05) is 0 Å². The Balaban J connectivity index is 1.95. The Morgan fingerprint density at radius 1 is 1.50 bits per heavy atom. The van der Waals surface area contributed by atoms with E-state index in [9.17, 15) is 5.11 Å². The van der Waals surface area contributed by atoms with Gasteiger partial charge in [0.25, 0.3) is 0 Å². The number of aliphatic hydroxyl groups is 1. The number of aliphatic hydroxyl groups excluding tert-OH is 1. The fraction of sp³-hybridized carbons (Fsp3) is 0.556. The van der Waals surface area contributed by atoms with E-state index in [1.54, 1.807) is 6.07 Å². The van der Waals surface area contributed by atoms with E-state index in [1.165, 1.54) is 6.26 Å². The van der Waals surface area contributed by atoms with E-state index in [0.717, 1.165) is 4.47 Å². The molecule has 1 unspecified atom stereocenters. The molecule has 1 atom stereocenters. The second-order valence-electron chi connectivity index (χ2n) is 3.06. The second-order valence-corrected chi connectivity index (χ2v) is 3.91. The molecule has 0 radical (unpaired) electrons. The van der Waals surface area contributed by atoms with Gasteiger partial charge in [-0.2, -0.15) is 0 Å². The molecule has 2 heterocycles. The molecule has 0 bridgehead atoms. The average Bonchev–Trinajstić information content (AvgIpc) is 2.75. The number of halogens is 1. The molecule has 1 saturated heterocycles. The Morgan fingerprint density at radius 3 is 2.79 bits per heavy atom. The summed E-state index contributed by atoms with van der Waals surface area (Å²) in [6.07, 6.45) is 0.912. The van der Waals surface area contributed by atoms with Gasteiger partial charge in [0.1, 0.15) is 11.9 Å². The van der Waals surface area contributed by atoms with Crippen LogP contribution >= 0.6 is 15.9 Å². The molecule has 0 aliphatic carbocycles. The van der Waals surface area contributed by atoms with E-state index in [0.29, 0.717) is 25.4 Å². The number of hydrogen-bond donors (Lipinski definition) is 1. The lowest BCUT2D eigenvalue weighted by Gasteiger charge is -2.12. The first-order valence-corrected chi connectivity index (χ1v) is 5.21. The molecule has 1 aromatic heterocycles. The van der Waals surface area contributed by atoms with Crippen molar-refractivity contribution < 1.29 is 19.0 Å². The van der Waals surface area contributed by atoms with Crippen LogP contribution in [0.25, 0.3) is 0 Å². The third kappa shape index (κ3) is 2.17. The molecular weight excluding hydrogens is 252 g/mol. The highest BCUT2D eigenvalue weighted by Gasteiger charge is 2.23. The molecule has 2 rings (SSSR count). The Labute approximate surface area is 89.9 Å². The Hall–Kier alpha value is -0.360. The summed E-state index contributed by atoms with van der Waals surface area (Å²) in [4.78, 5) is 0. The van der Waals surface area contributed by atoms with Gasteiger partial charge in [-0.15, -0.1) is 0 Å². The molecule has 0 amide bonds. The van der Waals surface area contributed by atoms with Gasteiger partial charge >= 0.3 is 0 Å². The van der Waals surface area contributed by atoms with Crippen LogP contribution in [0.3, 0.4) is 0 Å². The van der Waals surface area contributed by atoms with Crippen LogP contribution in [0.15, 0.2) is 21.2 Å². The maximum Gasteiger partial charge on any atom is 0.160 e. The summed E-state index contributed by atoms with van der Waals surface area (Å²) in [5.74, 6) is 0.518. The van der Waals surface area contributed by atoms with Crippen LogP contribution in [0.1, 0.15) is 18.3 Å². The summed E-state index contributed by atoms with van der Waals surface area (Å²) in [7, 11) is 0. The highest BCUT2D eigenvalue weighted by molar-refractivity contribution is 9.10. The van der Waals surface area contributed by atoms with Crippen molar-refractivity contribution in [3.63, 3.8) is 0 Å². The van der Waals surface area contributed by atoms with Crippen LogP contribution in [0.2, 0.25) is 0 Å². The van der Waals surface area contributed by atoms with E-state index in [4.69, 9.17) is 13.9 Å². The zero-order valence-corrected chi connectivity index (χ0v) is 9.07. The lowest BCUT2D eigenvalue weighted by Crippen LogP contribution is -2.12. The van der Waals surface area contributed by atoms with E-state index in [-0.39, 0.29) is 6.29 Å². The quantitative estimate of drug-likeness (QED) is 0.904. The van der Waals surface area contributed by atoms with Crippen molar-refractivity contribution in [2.24, 2.45) is 0 Å². The van der Waals surface area contributed by atoms with Gasteiger partial charge in [0.2, 0.25) is 0 Å². The fourth-order valence-corrected chi connectivity index (χ4v) is 1.84. The first kappa shape index (κ1) is 10.2. The van der Waals surface area contributed by atoms with Crippen molar-refractivity contribution in [2.45, 2.75) is 18.8 Å². The highest BCUT2D eigenvalue weighted by Crippen LogP contribution is 2.28. The second kappa shape index (κ2) is 4.44. The van der Waals surface area contributed by atoms with Crippen molar-refractivity contribution >= 4 is 15.9 Å². The van der Waals surface area contributed by atoms with Gasteiger partial charge in [-0.3, -0.25) is 0 Å². The first-order chi connectivity index (χ1) is 6.77. The summed E-state index contributed by atoms with van der Waals surface area (Å²) < 4.78 is 16.3. The Bertz CT molecular complexity index is 293. The molecule has 1 fully saturated rings. The van der Waals surface area contributed by atoms with Crippen LogP contribution < -0.4 is 0 Å². The smallest absolute Gasteiger partial charge is 0.160 e.